The Morgan fingerprint density at radius 3 is 2.84 bits per heavy atom. The van der Waals surface area contributed by atoms with Crippen LogP contribution in [0.1, 0.15) is 33.1 Å². The lowest BCUT2D eigenvalue weighted by atomic mass is 9.56. The Kier molecular flexibility index (Phi) is 4.22. The first-order valence-electron chi connectivity index (χ1n) is 6.94. The molecule has 0 aromatic carbocycles. The van der Waals surface area contributed by atoms with Crippen molar-refractivity contribution in [2.75, 3.05) is 13.0 Å². The van der Waals surface area contributed by atoms with Gasteiger partial charge in [-0.1, -0.05) is 25.2 Å². The van der Waals surface area contributed by atoms with Crippen LogP contribution in [0.25, 0.3) is 0 Å². The highest BCUT2D eigenvalue weighted by Crippen LogP contribution is 2.52. The lowest BCUT2D eigenvalue weighted by Gasteiger charge is -2.49. The molecule has 2 nitrogen and oxygen atoms in total. The SMILES string of the molecule is C=C(C)C1CC2(C)C(=CCCC2CCl)C(=O)C1OC. The summed E-state index contributed by atoms with van der Waals surface area (Å²) in [6.45, 7) is 8.22. The fraction of sp³-hybridized carbons (Fsp3) is 0.688. The minimum absolute atomic E-state index is 0.100. The van der Waals surface area contributed by atoms with Gasteiger partial charge in [0.1, 0.15) is 6.10 Å². The summed E-state index contributed by atoms with van der Waals surface area (Å²) in [5, 5.41) is 0. The maximum atomic E-state index is 12.7. The van der Waals surface area contributed by atoms with E-state index in [1.54, 1.807) is 7.11 Å². The molecule has 19 heavy (non-hydrogen) atoms. The largest absolute Gasteiger partial charge is 0.373 e. The molecule has 2 aliphatic carbocycles. The summed E-state index contributed by atoms with van der Waals surface area (Å²) < 4.78 is 5.46. The summed E-state index contributed by atoms with van der Waals surface area (Å²) in [6, 6.07) is 0. The van der Waals surface area contributed by atoms with Crippen LogP contribution in [0.4, 0.5) is 0 Å². The first-order valence-corrected chi connectivity index (χ1v) is 7.48. The number of Topliss-reactive ketones (excluding diaryl/α,β-unsaturated/α-hetero) is 1. The van der Waals surface area contributed by atoms with Crippen molar-refractivity contribution in [3.63, 3.8) is 0 Å². The predicted octanol–water partition coefficient (Wildman–Crippen LogP) is 3.75. The van der Waals surface area contributed by atoms with E-state index >= 15 is 0 Å². The van der Waals surface area contributed by atoms with E-state index in [0.29, 0.717) is 11.8 Å². The second kappa shape index (κ2) is 5.41. The molecular weight excluding hydrogens is 260 g/mol. The number of methoxy groups -OCH3 is 1. The van der Waals surface area contributed by atoms with Gasteiger partial charge in [0.2, 0.25) is 0 Å². The van der Waals surface area contributed by atoms with Crippen LogP contribution in [0.5, 0.6) is 0 Å². The summed E-state index contributed by atoms with van der Waals surface area (Å²) in [7, 11) is 1.61. The number of fused-ring (bicyclic) bond motifs is 1. The van der Waals surface area contributed by atoms with Gasteiger partial charge in [0, 0.05) is 29.9 Å². The molecule has 0 spiro atoms. The van der Waals surface area contributed by atoms with Gasteiger partial charge >= 0.3 is 0 Å². The Balaban J connectivity index is 2.44. The quantitative estimate of drug-likeness (QED) is 0.582. The van der Waals surface area contributed by atoms with Gasteiger partial charge in [-0.3, -0.25) is 4.79 Å². The van der Waals surface area contributed by atoms with Crippen LogP contribution in [0.3, 0.4) is 0 Å². The molecule has 2 aliphatic rings. The highest BCUT2D eigenvalue weighted by Gasteiger charge is 2.51. The Morgan fingerprint density at radius 2 is 2.32 bits per heavy atom. The summed E-state index contributed by atoms with van der Waals surface area (Å²) in [6.07, 6.45) is 4.66. The van der Waals surface area contributed by atoms with Gasteiger partial charge in [0.15, 0.2) is 5.78 Å². The van der Waals surface area contributed by atoms with Crippen LogP contribution in [0.2, 0.25) is 0 Å². The molecule has 0 saturated heterocycles. The van der Waals surface area contributed by atoms with Crippen LogP contribution in [-0.2, 0) is 9.53 Å². The van der Waals surface area contributed by atoms with Gasteiger partial charge in [-0.25, -0.2) is 0 Å². The molecule has 106 valence electrons. The second-order valence-electron chi connectivity index (χ2n) is 6.14. The van der Waals surface area contributed by atoms with Crippen molar-refractivity contribution in [3.8, 4) is 0 Å². The van der Waals surface area contributed by atoms with Crippen molar-refractivity contribution < 1.29 is 9.53 Å². The van der Waals surface area contributed by atoms with Crippen molar-refractivity contribution in [2.45, 2.75) is 39.2 Å². The Morgan fingerprint density at radius 1 is 1.63 bits per heavy atom. The van der Waals surface area contributed by atoms with E-state index in [1.165, 1.54) is 0 Å². The molecule has 0 aromatic rings. The minimum Gasteiger partial charge on any atom is -0.373 e. The molecule has 0 amide bonds. The summed E-state index contributed by atoms with van der Waals surface area (Å²) >= 11 is 6.14. The first-order chi connectivity index (χ1) is 8.95. The lowest BCUT2D eigenvalue weighted by Crippen LogP contribution is -2.50. The van der Waals surface area contributed by atoms with E-state index in [-0.39, 0.29) is 23.2 Å². The molecule has 0 N–H and O–H groups in total. The normalized spacial score (nSPS) is 38.6. The van der Waals surface area contributed by atoms with Crippen LogP contribution < -0.4 is 0 Å². The van der Waals surface area contributed by atoms with E-state index < -0.39 is 0 Å². The monoisotopic (exact) mass is 282 g/mol. The Hall–Kier alpha value is -0.600. The van der Waals surface area contributed by atoms with E-state index in [1.807, 2.05) is 6.92 Å². The number of halogens is 1. The molecule has 4 unspecified atom stereocenters. The van der Waals surface area contributed by atoms with E-state index in [9.17, 15) is 4.79 Å². The fourth-order valence-electron chi connectivity index (χ4n) is 3.71. The predicted molar refractivity (Wildman–Crippen MR) is 78.4 cm³/mol. The zero-order valence-corrected chi connectivity index (χ0v) is 12.8. The molecule has 2 rings (SSSR count). The molecule has 1 saturated carbocycles. The number of carbonyl (C=O) groups is 1. The number of rotatable bonds is 3. The lowest BCUT2D eigenvalue weighted by molar-refractivity contribution is -0.133. The zero-order chi connectivity index (χ0) is 14.2. The van der Waals surface area contributed by atoms with Crippen molar-refractivity contribution in [1.29, 1.82) is 0 Å². The number of hydrogen-bond acceptors (Lipinski definition) is 2. The molecule has 0 bridgehead atoms. The van der Waals surface area contributed by atoms with Crippen LogP contribution in [-0.4, -0.2) is 24.9 Å². The number of carbonyl (C=O) groups excluding carboxylic acids is 1. The Labute approximate surface area is 120 Å². The number of alkyl halides is 1. The summed E-state index contributed by atoms with van der Waals surface area (Å²) in [5.74, 6) is 1.22. The summed E-state index contributed by atoms with van der Waals surface area (Å²) in [4.78, 5) is 12.7. The number of allylic oxidation sites excluding steroid dienone is 1. The van der Waals surface area contributed by atoms with E-state index in [2.05, 4.69) is 19.6 Å². The maximum absolute atomic E-state index is 12.7. The minimum atomic E-state index is -0.370. The number of ketones is 1. The van der Waals surface area contributed by atoms with Crippen molar-refractivity contribution >= 4 is 17.4 Å². The van der Waals surface area contributed by atoms with E-state index in [4.69, 9.17) is 16.3 Å². The molecule has 0 heterocycles. The number of ether oxygens (including phenoxy) is 1. The molecule has 3 heteroatoms. The third kappa shape index (κ3) is 2.30. The van der Waals surface area contributed by atoms with Gasteiger partial charge in [-0.15, -0.1) is 11.6 Å². The molecular formula is C16H23ClO2. The van der Waals surface area contributed by atoms with Crippen molar-refractivity contribution in [1.82, 2.24) is 0 Å². The molecule has 0 radical (unpaired) electrons. The highest BCUT2D eigenvalue weighted by atomic mass is 35.5. The zero-order valence-electron chi connectivity index (χ0n) is 12.0. The third-order valence-corrected chi connectivity index (χ3v) is 5.36. The van der Waals surface area contributed by atoms with Crippen LogP contribution in [0.15, 0.2) is 23.8 Å². The smallest absolute Gasteiger partial charge is 0.188 e. The standard InChI is InChI=1S/C16H23ClO2/c1-10(2)12-8-16(3)11(9-17)6-5-7-13(16)14(18)15(12)19-4/h7,11-12,15H,1,5-6,8-9H2,2-4H3. The Bertz CT molecular complexity index is 426. The van der Waals surface area contributed by atoms with Crippen LogP contribution in [0, 0.1) is 17.3 Å². The van der Waals surface area contributed by atoms with Gasteiger partial charge in [-0.05, 0) is 32.1 Å². The average Bonchev–Trinajstić information content (AvgIpc) is 2.37. The van der Waals surface area contributed by atoms with Gasteiger partial charge in [0.25, 0.3) is 0 Å². The van der Waals surface area contributed by atoms with Crippen molar-refractivity contribution in [2.24, 2.45) is 17.3 Å². The van der Waals surface area contributed by atoms with E-state index in [0.717, 1.165) is 30.4 Å². The molecule has 4 atom stereocenters. The topological polar surface area (TPSA) is 26.3 Å². The molecule has 1 fully saturated rings. The highest BCUT2D eigenvalue weighted by molar-refractivity contribution is 6.18. The second-order valence-corrected chi connectivity index (χ2v) is 6.45. The number of hydrogen-bond donors (Lipinski definition) is 0. The van der Waals surface area contributed by atoms with Crippen LogP contribution >= 0.6 is 11.6 Å². The molecule has 0 aliphatic heterocycles. The van der Waals surface area contributed by atoms with Gasteiger partial charge < -0.3 is 4.74 Å². The fourth-order valence-corrected chi connectivity index (χ4v) is 4.21. The maximum Gasteiger partial charge on any atom is 0.188 e. The summed E-state index contributed by atoms with van der Waals surface area (Å²) in [5.41, 5.74) is 1.85. The average molecular weight is 283 g/mol. The third-order valence-electron chi connectivity index (χ3n) is 4.99. The van der Waals surface area contributed by atoms with Gasteiger partial charge in [-0.2, -0.15) is 0 Å². The van der Waals surface area contributed by atoms with Gasteiger partial charge in [0.05, 0.1) is 0 Å². The van der Waals surface area contributed by atoms with Crippen molar-refractivity contribution in [3.05, 3.63) is 23.8 Å². The first kappa shape index (κ1) is 14.8. The molecule has 0 aromatic heterocycles.